The van der Waals surface area contributed by atoms with E-state index in [1.165, 1.54) is 6.08 Å². The van der Waals surface area contributed by atoms with Gasteiger partial charge in [0.15, 0.2) is 15.6 Å². The van der Waals surface area contributed by atoms with E-state index < -0.39 is 20.9 Å². The first-order chi connectivity index (χ1) is 10.5. The molecule has 2 aromatic rings. The van der Waals surface area contributed by atoms with Gasteiger partial charge in [0.1, 0.15) is 5.25 Å². The van der Waals surface area contributed by atoms with Crippen LogP contribution in [0, 0.1) is 6.92 Å². The predicted octanol–water partition coefficient (Wildman–Crippen LogP) is 3.60. The first kappa shape index (κ1) is 16.2. The third kappa shape index (κ3) is 3.34. The van der Waals surface area contributed by atoms with Gasteiger partial charge in [-0.3, -0.25) is 4.79 Å². The van der Waals surface area contributed by atoms with Crippen molar-refractivity contribution in [1.29, 1.82) is 0 Å². The molecule has 4 heteroatoms. The van der Waals surface area contributed by atoms with Gasteiger partial charge in [0.2, 0.25) is 0 Å². The smallest absolute Gasteiger partial charge is 0.189 e. The normalized spacial score (nSPS) is 12.6. The van der Waals surface area contributed by atoms with Crippen molar-refractivity contribution < 1.29 is 13.2 Å². The minimum absolute atomic E-state index is 0.0872. The Kier molecular flexibility index (Phi) is 4.93. The number of sulfone groups is 1. The van der Waals surface area contributed by atoms with Crippen LogP contribution >= 0.6 is 0 Å². The lowest BCUT2D eigenvalue weighted by molar-refractivity contribution is 0.0987. The van der Waals surface area contributed by atoms with Crippen LogP contribution in [0.15, 0.2) is 72.1 Å². The Hall–Kier alpha value is -2.20. The zero-order valence-electron chi connectivity index (χ0n) is 12.4. The lowest BCUT2D eigenvalue weighted by Gasteiger charge is -2.15. The maximum atomic E-state index is 12.8. The van der Waals surface area contributed by atoms with Crippen LogP contribution in [-0.4, -0.2) is 19.5 Å². The minimum atomic E-state index is -3.75. The maximum Gasteiger partial charge on any atom is 0.189 e. The summed E-state index contributed by atoms with van der Waals surface area (Å²) in [4.78, 5) is 12.8. The monoisotopic (exact) mass is 314 g/mol. The van der Waals surface area contributed by atoms with E-state index in [-0.39, 0.29) is 11.3 Å². The van der Waals surface area contributed by atoms with Crippen molar-refractivity contribution in [3.8, 4) is 0 Å². The molecular formula is C18H18O3S. The van der Waals surface area contributed by atoms with Crippen molar-refractivity contribution in [2.75, 3.05) is 0 Å². The number of benzene rings is 2. The fourth-order valence-corrected chi connectivity index (χ4v) is 3.86. The number of ketones is 1. The fraction of sp³-hybridized carbons (Fsp3) is 0.167. The van der Waals surface area contributed by atoms with Gasteiger partial charge in [-0.05, 0) is 25.5 Å². The SMILES string of the molecule is C=CCC(C(=O)c1ccccc1)S(=O)(=O)c1ccc(C)cc1. The molecule has 0 spiro atoms. The second-order valence-corrected chi connectivity index (χ2v) is 7.23. The summed E-state index contributed by atoms with van der Waals surface area (Å²) in [6.45, 7) is 5.46. The van der Waals surface area contributed by atoms with Gasteiger partial charge >= 0.3 is 0 Å². The van der Waals surface area contributed by atoms with Gasteiger partial charge in [-0.2, -0.15) is 0 Å². The summed E-state index contributed by atoms with van der Waals surface area (Å²) < 4.78 is 25.6. The Labute approximate surface area is 131 Å². The van der Waals surface area contributed by atoms with Crippen LogP contribution in [0.5, 0.6) is 0 Å². The highest BCUT2D eigenvalue weighted by atomic mass is 32.2. The van der Waals surface area contributed by atoms with Gasteiger partial charge < -0.3 is 0 Å². The van der Waals surface area contributed by atoms with Crippen LogP contribution in [0.3, 0.4) is 0 Å². The Balaban J connectivity index is 2.44. The van der Waals surface area contributed by atoms with Gasteiger partial charge in [-0.1, -0.05) is 54.1 Å². The number of rotatable bonds is 6. The summed E-state index contributed by atoms with van der Waals surface area (Å²) in [7, 11) is -3.75. The molecular weight excluding hydrogens is 296 g/mol. The minimum Gasteiger partial charge on any atom is -0.293 e. The average molecular weight is 314 g/mol. The molecule has 22 heavy (non-hydrogen) atoms. The number of allylic oxidation sites excluding steroid dienone is 1. The Morgan fingerprint density at radius 3 is 2.23 bits per heavy atom. The number of hydrogen-bond acceptors (Lipinski definition) is 3. The Morgan fingerprint density at radius 2 is 1.68 bits per heavy atom. The number of aryl methyl sites for hydroxylation is 1. The van der Waals surface area contributed by atoms with E-state index >= 15 is 0 Å². The zero-order chi connectivity index (χ0) is 16.2. The molecule has 0 heterocycles. The van der Waals surface area contributed by atoms with Crippen LogP contribution in [0.2, 0.25) is 0 Å². The molecule has 0 N–H and O–H groups in total. The number of Topliss-reactive ketones (excluding diaryl/α,β-unsaturated/α-hetero) is 1. The fourth-order valence-electron chi connectivity index (χ4n) is 2.21. The van der Waals surface area contributed by atoms with E-state index in [0.717, 1.165) is 5.56 Å². The van der Waals surface area contributed by atoms with Crippen molar-refractivity contribution in [2.24, 2.45) is 0 Å². The number of hydrogen-bond donors (Lipinski definition) is 0. The molecule has 1 unspecified atom stereocenters. The molecule has 0 aliphatic carbocycles. The van der Waals surface area contributed by atoms with Gasteiger partial charge in [0.05, 0.1) is 4.90 Å². The first-order valence-electron chi connectivity index (χ1n) is 6.97. The van der Waals surface area contributed by atoms with E-state index in [1.807, 2.05) is 6.92 Å². The van der Waals surface area contributed by atoms with E-state index in [1.54, 1.807) is 54.6 Å². The van der Waals surface area contributed by atoms with Crippen molar-refractivity contribution in [3.63, 3.8) is 0 Å². The molecule has 0 aliphatic heterocycles. The summed E-state index contributed by atoms with van der Waals surface area (Å²) in [6.07, 6.45) is 1.56. The summed E-state index contributed by atoms with van der Waals surface area (Å²) in [5.74, 6) is -0.402. The number of carbonyl (C=O) groups excluding carboxylic acids is 1. The van der Waals surface area contributed by atoms with Crippen LogP contribution in [-0.2, 0) is 9.84 Å². The maximum absolute atomic E-state index is 12.8. The molecule has 0 aliphatic rings. The topological polar surface area (TPSA) is 51.2 Å². The number of carbonyl (C=O) groups is 1. The van der Waals surface area contributed by atoms with Gasteiger partial charge in [0, 0.05) is 5.56 Å². The molecule has 0 aromatic heterocycles. The summed E-state index contributed by atoms with van der Waals surface area (Å²) in [5, 5.41) is -1.14. The van der Waals surface area contributed by atoms with E-state index in [0.29, 0.717) is 5.56 Å². The molecule has 2 rings (SSSR count). The van der Waals surface area contributed by atoms with E-state index in [9.17, 15) is 13.2 Å². The molecule has 0 bridgehead atoms. The second-order valence-electron chi connectivity index (χ2n) is 5.10. The third-order valence-corrected chi connectivity index (χ3v) is 5.54. The second kappa shape index (κ2) is 6.71. The van der Waals surface area contributed by atoms with Crippen molar-refractivity contribution >= 4 is 15.6 Å². The molecule has 114 valence electrons. The summed E-state index contributed by atoms with van der Waals surface area (Å²) in [6, 6.07) is 15.0. The highest BCUT2D eigenvalue weighted by Gasteiger charge is 2.33. The lowest BCUT2D eigenvalue weighted by atomic mass is 10.1. The quantitative estimate of drug-likeness (QED) is 0.605. The predicted molar refractivity (Wildman–Crippen MR) is 87.7 cm³/mol. The van der Waals surface area contributed by atoms with Crippen LogP contribution in [0.25, 0.3) is 0 Å². The highest BCUT2D eigenvalue weighted by Crippen LogP contribution is 2.22. The van der Waals surface area contributed by atoms with E-state index in [4.69, 9.17) is 0 Å². The summed E-state index contributed by atoms with van der Waals surface area (Å²) in [5.41, 5.74) is 1.36. The third-order valence-electron chi connectivity index (χ3n) is 3.46. The molecule has 0 amide bonds. The van der Waals surface area contributed by atoms with Crippen LogP contribution < -0.4 is 0 Å². The van der Waals surface area contributed by atoms with Gasteiger partial charge in [-0.25, -0.2) is 8.42 Å². The van der Waals surface area contributed by atoms with Gasteiger partial charge in [0.25, 0.3) is 0 Å². The Bertz CT molecular complexity index is 760. The first-order valence-corrected chi connectivity index (χ1v) is 8.52. The standard InChI is InChI=1S/C18H18O3S/c1-3-7-17(18(19)15-8-5-4-6-9-15)22(20,21)16-12-10-14(2)11-13-16/h3-6,8-13,17H,1,7H2,2H3. The molecule has 0 radical (unpaired) electrons. The van der Waals surface area contributed by atoms with Crippen LogP contribution in [0.1, 0.15) is 22.3 Å². The average Bonchev–Trinajstić information content (AvgIpc) is 2.53. The lowest BCUT2D eigenvalue weighted by Crippen LogP contribution is -2.30. The molecule has 3 nitrogen and oxygen atoms in total. The highest BCUT2D eigenvalue weighted by molar-refractivity contribution is 7.92. The summed E-state index contributed by atoms with van der Waals surface area (Å²) >= 11 is 0. The van der Waals surface area contributed by atoms with Crippen molar-refractivity contribution in [3.05, 3.63) is 78.4 Å². The van der Waals surface area contributed by atoms with Crippen molar-refractivity contribution in [1.82, 2.24) is 0 Å². The molecule has 0 fully saturated rings. The molecule has 0 saturated heterocycles. The van der Waals surface area contributed by atoms with Crippen molar-refractivity contribution in [2.45, 2.75) is 23.5 Å². The van der Waals surface area contributed by atoms with E-state index in [2.05, 4.69) is 6.58 Å². The molecule has 1 atom stereocenters. The zero-order valence-corrected chi connectivity index (χ0v) is 13.2. The molecule has 0 saturated carbocycles. The van der Waals surface area contributed by atoms with Crippen LogP contribution in [0.4, 0.5) is 0 Å². The largest absolute Gasteiger partial charge is 0.293 e. The molecule has 2 aromatic carbocycles. The van der Waals surface area contributed by atoms with Gasteiger partial charge in [-0.15, -0.1) is 6.58 Å². The Morgan fingerprint density at radius 1 is 1.09 bits per heavy atom.